The quantitative estimate of drug-likeness (QED) is 0.812. The minimum atomic E-state index is -0.646. The number of nitrogens with zero attached hydrogens (tertiary/aromatic N) is 1. The lowest BCUT2D eigenvalue weighted by Gasteiger charge is -2.17. The summed E-state index contributed by atoms with van der Waals surface area (Å²) in [7, 11) is 0. The molecule has 0 aliphatic heterocycles. The summed E-state index contributed by atoms with van der Waals surface area (Å²) in [5.41, 5.74) is 1.51. The predicted molar refractivity (Wildman–Crippen MR) is 104 cm³/mol. The molecule has 0 spiro atoms. The Balaban J connectivity index is 2.84. The molecule has 5 nitrogen and oxygen atoms in total. The lowest BCUT2D eigenvalue weighted by atomic mass is 9.95. The number of aryl methyl sites for hydroxylation is 2. The molecule has 26 heavy (non-hydrogen) atoms. The van der Waals surface area contributed by atoms with Gasteiger partial charge in [-0.2, -0.15) is 0 Å². The highest BCUT2D eigenvalue weighted by atomic mass is 35.5. The summed E-state index contributed by atoms with van der Waals surface area (Å²) in [6.45, 7) is 9.19. The van der Waals surface area contributed by atoms with Gasteiger partial charge in [-0.25, -0.2) is 4.79 Å². The summed E-state index contributed by atoms with van der Waals surface area (Å²) in [5, 5.41) is 0.406. The number of aromatic nitrogens is 2. The molecule has 0 atom stereocenters. The van der Waals surface area contributed by atoms with Crippen LogP contribution < -0.4 is 11.2 Å². The number of benzene rings is 1. The lowest BCUT2D eigenvalue weighted by Crippen LogP contribution is -2.38. The fourth-order valence-corrected chi connectivity index (χ4v) is 3.12. The summed E-state index contributed by atoms with van der Waals surface area (Å²) >= 11 is 6.11. The number of ketones is 1. The molecule has 0 aliphatic rings. The van der Waals surface area contributed by atoms with Gasteiger partial charge in [0.15, 0.2) is 0 Å². The number of carbonyl (C=O) groups excluding carboxylic acids is 1. The minimum Gasteiger partial charge on any atom is -0.287 e. The maximum Gasteiger partial charge on any atom is 0.329 e. The number of carbonyl (C=O) groups is 1. The molecule has 0 radical (unpaired) electrons. The molecule has 2 aromatic rings. The van der Waals surface area contributed by atoms with Crippen molar-refractivity contribution in [2.45, 2.75) is 47.1 Å². The second kappa shape index (κ2) is 7.87. The van der Waals surface area contributed by atoms with E-state index in [0.717, 1.165) is 11.1 Å². The summed E-state index contributed by atoms with van der Waals surface area (Å²) in [6, 6.07) is 5.47. The second-order valence-electron chi connectivity index (χ2n) is 6.70. The number of nitrogens with one attached hydrogen (secondary N) is 1. The van der Waals surface area contributed by atoms with Crippen LogP contribution in [-0.4, -0.2) is 15.3 Å². The van der Waals surface area contributed by atoms with E-state index in [2.05, 4.69) is 4.98 Å². The van der Waals surface area contributed by atoms with Crippen LogP contribution in [0.3, 0.4) is 0 Å². The van der Waals surface area contributed by atoms with E-state index in [1.165, 1.54) is 4.57 Å². The third kappa shape index (κ3) is 4.05. The van der Waals surface area contributed by atoms with Gasteiger partial charge in [0.05, 0.1) is 6.54 Å². The van der Waals surface area contributed by atoms with Gasteiger partial charge in [0, 0.05) is 16.2 Å². The minimum absolute atomic E-state index is 0.0270. The molecular formula is C20H23ClN2O3. The molecule has 1 N–H and O–H groups in total. The van der Waals surface area contributed by atoms with Gasteiger partial charge < -0.3 is 0 Å². The monoisotopic (exact) mass is 374 g/mol. The summed E-state index contributed by atoms with van der Waals surface area (Å²) in [6.07, 6.45) is 1.65. The van der Waals surface area contributed by atoms with Gasteiger partial charge >= 0.3 is 5.69 Å². The van der Waals surface area contributed by atoms with Gasteiger partial charge in [-0.3, -0.25) is 19.1 Å². The molecule has 2 rings (SSSR count). The predicted octanol–water partition coefficient (Wildman–Crippen LogP) is 3.65. The molecule has 1 heterocycles. The highest BCUT2D eigenvalue weighted by Crippen LogP contribution is 2.20. The Labute approximate surface area is 157 Å². The molecule has 0 unspecified atom stereocenters. The standard InChI is InChI=1S/C20H23ClN2O3/c1-6-15(21)10-23-17(16(11(2)3)19(25)22-20(23)26)18(24)14-8-12(4)7-13(5)9-14/h6-9,11H,10H2,1-5H3,(H,22,25,26)/b15-6-. The summed E-state index contributed by atoms with van der Waals surface area (Å²) < 4.78 is 1.25. The second-order valence-corrected chi connectivity index (χ2v) is 7.19. The van der Waals surface area contributed by atoms with Crippen LogP contribution in [0.1, 0.15) is 59.4 Å². The molecule has 1 aromatic carbocycles. The number of halogens is 1. The maximum atomic E-state index is 13.3. The van der Waals surface area contributed by atoms with Crippen molar-refractivity contribution in [3.63, 3.8) is 0 Å². The van der Waals surface area contributed by atoms with Crippen LogP contribution in [0, 0.1) is 13.8 Å². The van der Waals surface area contributed by atoms with Crippen LogP contribution in [-0.2, 0) is 6.54 Å². The first-order valence-electron chi connectivity index (χ1n) is 8.46. The van der Waals surface area contributed by atoms with E-state index in [0.29, 0.717) is 10.6 Å². The zero-order valence-corrected chi connectivity index (χ0v) is 16.4. The average Bonchev–Trinajstić information content (AvgIpc) is 2.54. The van der Waals surface area contributed by atoms with Crippen molar-refractivity contribution >= 4 is 17.4 Å². The number of H-pyrrole nitrogens is 1. The molecule has 0 bridgehead atoms. The van der Waals surface area contributed by atoms with E-state index in [4.69, 9.17) is 11.6 Å². The topological polar surface area (TPSA) is 71.9 Å². The largest absolute Gasteiger partial charge is 0.329 e. The SMILES string of the molecule is C/C=C(\Cl)Cn1c(C(=O)c2cc(C)cc(C)c2)c(C(C)C)c(=O)[nH]c1=O. The van der Waals surface area contributed by atoms with Crippen molar-refractivity contribution in [1.82, 2.24) is 9.55 Å². The number of hydrogen-bond donors (Lipinski definition) is 1. The van der Waals surface area contributed by atoms with Crippen molar-refractivity contribution in [3.05, 3.63) is 78.1 Å². The molecule has 6 heteroatoms. The Bertz CT molecular complexity index is 977. The van der Waals surface area contributed by atoms with Gasteiger partial charge in [-0.15, -0.1) is 0 Å². The van der Waals surface area contributed by atoms with E-state index in [9.17, 15) is 14.4 Å². The van der Waals surface area contributed by atoms with Gasteiger partial charge in [0.25, 0.3) is 5.56 Å². The Hall–Kier alpha value is -2.40. The van der Waals surface area contributed by atoms with E-state index in [1.807, 2.05) is 33.8 Å². The normalized spacial score (nSPS) is 11.9. The first kappa shape index (κ1) is 19.9. The highest BCUT2D eigenvalue weighted by molar-refractivity contribution is 6.29. The van der Waals surface area contributed by atoms with Crippen LogP contribution in [0.4, 0.5) is 0 Å². The van der Waals surface area contributed by atoms with Crippen molar-refractivity contribution in [3.8, 4) is 0 Å². The van der Waals surface area contributed by atoms with Crippen LogP contribution in [0.15, 0.2) is 38.9 Å². The molecule has 0 fully saturated rings. The number of hydrogen-bond acceptors (Lipinski definition) is 3. The van der Waals surface area contributed by atoms with E-state index < -0.39 is 11.2 Å². The smallest absolute Gasteiger partial charge is 0.287 e. The summed E-state index contributed by atoms with van der Waals surface area (Å²) in [4.78, 5) is 40.4. The van der Waals surface area contributed by atoms with Crippen molar-refractivity contribution in [2.75, 3.05) is 0 Å². The van der Waals surface area contributed by atoms with Crippen LogP contribution in [0.5, 0.6) is 0 Å². The van der Waals surface area contributed by atoms with Crippen LogP contribution in [0.25, 0.3) is 0 Å². The molecule has 0 saturated carbocycles. The maximum absolute atomic E-state index is 13.3. The van der Waals surface area contributed by atoms with E-state index in [-0.39, 0.29) is 29.5 Å². The molecule has 0 amide bonds. The van der Waals surface area contributed by atoms with Gasteiger partial charge in [-0.05, 0) is 38.8 Å². The zero-order valence-electron chi connectivity index (χ0n) is 15.6. The molecule has 1 aromatic heterocycles. The van der Waals surface area contributed by atoms with Crippen LogP contribution in [0.2, 0.25) is 0 Å². The van der Waals surface area contributed by atoms with E-state index in [1.54, 1.807) is 25.1 Å². The van der Waals surface area contributed by atoms with Crippen molar-refractivity contribution < 1.29 is 4.79 Å². The lowest BCUT2D eigenvalue weighted by molar-refractivity contribution is 0.102. The van der Waals surface area contributed by atoms with Crippen LogP contribution >= 0.6 is 11.6 Å². The third-order valence-corrected chi connectivity index (χ3v) is 4.47. The Kier molecular flexibility index (Phi) is 6.03. The summed E-state index contributed by atoms with van der Waals surface area (Å²) in [5.74, 6) is -0.593. The van der Waals surface area contributed by atoms with Gasteiger partial charge in [0.2, 0.25) is 5.78 Å². The molecular weight excluding hydrogens is 352 g/mol. The Morgan fingerprint density at radius 2 is 1.77 bits per heavy atom. The average molecular weight is 375 g/mol. The van der Waals surface area contributed by atoms with Crippen molar-refractivity contribution in [1.29, 1.82) is 0 Å². The highest BCUT2D eigenvalue weighted by Gasteiger charge is 2.24. The first-order valence-corrected chi connectivity index (χ1v) is 8.84. The van der Waals surface area contributed by atoms with Gasteiger partial charge in [0.1, 0.15) is 5.69 Å². The third-order valence-electron chi connectivity index (χ3n) is 4.13. The Morgan fingerprint density at radius 1 is 1.19 bits per heavy atom. The fourth-order valence-electron chi connectivity index (χ4n) is 3.00. The molecule has 0 aliphatic carbocycles. The molecule has 138 valence electrons. The van der Waals surface area contributed by atoms with E-state index >= 15 is 0 Å². The van der Waals surface area contributed by atoms with Crippen molar-refractivity contribution in [2.24, 2.45) is 0 Å². The number of rotatable bonds is 5. The first-order chi connectivity index (χ1) is 12.1. The van der Waals surface area contributed by atoms with Gasteiger partial charge in [-0.1, -0.05) is 48.7 Å². The fraction of sp³-hybridized carbons (Fsp3) is 0.350. The molecule has 0 saturated heterocycles. The number of allylic oxidation sites excluding steroid dienone is 2. The number of aromatic amines is 1. The Morgan fingerprint density at radius 3 is 2.27 bits per heavy atom. The zero-order chi connectivity index (χ0) is 19.6.